The molecular formula is C26H21Cl2N3O3. The highest BCUT2D eigenvalue weighted by molar-refractivity contribution is 6.32. The molecule has 6 nitrogen and oxygen atoms in total. The van der Waals surface area contributed by atoms with Crippen molar-refractivity contribution in [2.24, 2.45) is 0 Å². The molecule has 0 saturated heterocycles. The summed E-state index contributed by atoms with van der Waals surface area (Å²) in [6.07, 6.45) is 1.41. The van der Waals surface area contributed by atoms with Gasteiger partial charge in [-0.25, -0.2) is 0 Å². The Morgan fingerprint density at radius 1 is 1.03 bits per heavy atom. The number of nitrogens with zero attached hydrogens (tertiary/aromatic N) is 1. The summed E-state index contributed by atoms with van der Waals surface area (Å²) < 4.78 is 5.54. The molecule has 0 heterocycles. The maximum Gasteiger partial charge on any atom is 0.266 e. The molecule has 0 aliphatic heterocycles. The molecule has 3 rings (SSSR count). The van der Waals surface area contributed by atoms with Crippen molar-refractivity contribution in [2.75, 3.05) is 17.2 Å². The summed E-state index contributed by atoms with van der Waals surface area (Å²) in [5.41, 5.74) is 3.66. The van der Waals surface area contributed by atoms with E-state index >= 15 is 0 Å². The van der Waals surface area contributed by atoms with Gasteiger partial charge in [-0.05, 0) is 73.0 Å². The van der Waals surface area contributed by atoms with Gasteiger partial charge in [-0.2, -0.15) is 5.26 Å². The van der Waals surface area contributed by atoms with E-state index in [4.69, 9.17) is 27.9 Å². The molecular weight excluding hydrogens is 473 g/mol. The van der Waals surface area contributed by atoms with E-state index in [1.165, 1.54) is 6.08 Å². The van der Waals surface area contributed by atoms with Gasteiger partial charge in [-0.15, -0.1) is 0 Å². The van der Waals surface area contributed by atoms with Crippen LogP contribution in [0.2, 0.25) is 10.0 Å². The zero-order valence-electron chi connectivity index (χ0n) is 18.5. The standard InChI is InChI=1S/C26H21Cl2N3O3/c1-16-5-3-8-23(17(16)2)31-25(32)15-34-24-10-9-18(12-22(24)28)11-19(14-29)26(33)30-21-7-4-6-20(27)13-21/h3-13H,15H2,1-2H3,(H,30,33)(H,31,32)/b19-11-. The third-order valence-electron chi connectivity index (χ3n) is 4.95. The van der Waals surface area contributed by atoms with Gasteiger partial charge in [-0.3, -0.25) is 9.59 Å². The molecule has 0 radical (unpaired) electrons. The lowest BCUT2D eigenvalue weighted by molar-refractivity contribution is -0.118. The number of hydrogen-bond donors (Lipinski definition) is 2. The van der Waals surface area contributed by atoms with Gasteiger partial charge in [0.25, 0.3) is 11.8 Å². The average Bonchev–Trinajstić information content (AvgIpc) is 2.80. The molecule has 3 aromatic rings. The number of nitrogens with one attached hydrogen (secondary N) is 2. The van der Waals surface area contributed by atoms with E-state index in [0.717, 1.165) is 16.8 Å². The number of aryl methyl sites for hydroxylation is 1. The summed E-state index contributed by atoms with van der Waals surface area (Å²) in [7, 11) is 0. The smallest absolute Gasteiger partial charge is 0.266 e. The SMILES string of the molecule is Cc1cccc(NC(=O)COc2ccc(/C=C(/C#N)C(=O)Nc3cccc(Cl)c3)cc2Cl)c1C. The van der Waals surface area contributed by atoms with E-state index in [-0.39, 0.29) is 23.1 Å². The number of carbonyl (C=O) groups excluding carboxylic acids is 2. The number of rotatable bonds is 7. The van der Waals surface area contributed by atoms with E-state index < -0.39 is 5.91 Å². The Morgan fingerprint density at radius 3 is 2.50 bits per heavy atom. The third-order valence-corrected chi connectivity index (χ3v) is 5.48. The Labute approximate surface area is 207 Å². The Kier molecular flexibility index (Phi) is 8.31. The Balaban J connectivity index is 1.64. The van der Waals surface area contributed by atoms with Crippen LogP contribution in [0.25, 0.3) is 6.08 Å². The highest BCUT2D eigenvalue weighted by Gasteiger charge is 2.12. The van der Waals surface area contributed by atoms with E-state index in [1.807, 2.05) is 38.1 Å². The summed E-state index contributed by atoms with van der Waals surface area (Å²) in [6.45, 7) is 3.67. The highest BCUT2D eigenvalue weighted by Crippen LogP contribution is 2.27. The molecule has 0 bridgehead atoms. The van der Waals surface area contributed by atoms with Crippen LogP contribution in [0.3, 0.4) is 0 Å². The number of nitriles is 1. The Bertz CT molecular complexity index is 1310. The van der Waals surface area contributed by atoms with Crippen LogP contribution in [0.1, 0.15) is 16.7 Å². The quantitative estimate of drug-likeness (QED) is 0.304. The van der Waals surface area contributed by atoms with Gasteiger partial charge >= 0.3 is 0 Å². The van der Waals surface area contributed by atoms with E-state index in [0.29, 0.717) is 22.0 Å². The molecule has 3 aromatic carbocycles. The van der Waals surface area contributed by atoms with Crippen LogP contribution in [0.4, 0.5) is 11.4 Å². The van der Waals surface area contributed by atoms with Gasteiger partial charge in [-0.1, -0.05) is 47.5 Å². The molecule has 2 amide bonds. The monoisotopic (exact) mass is 493 g/mol. The minimum Gasteiger partial charge on any atom is -0.482 e. The van der Waals surface area contributed by atoms with Crippen LogP contribution in [0, 0.1) is 25.2 Å². The van der Waals surface area contributed by atoms with Crippen LogP contribution in [0.5, 0.6) is 5.75 Å². The topological polar surface area (TPSA) is 91.2 Å². The summed E-state index contributed by atoms with van der Waals surface area (Å²) >= 11 is 12.2. The fourth-order valence-corrected chi connectivity index (χ4v) is 3.45. The van der Waals surface area contributed by atoms with Crippen LogP contribution < -0.4 is 15.4 Å². The predicted molar refractivity (Wildman–Crippen MR) is 135 cm³/mol. The maximum atomic E-state index is 12.4. The third kappa shape index (κ3) is 6.61. The fraction of sp³-hybridized carbons (Fsp3) is 0.115. The first kappa shape index (κ1) is 24.8. The first-order chi connectivity index (χ1) is 16.3. The lowest BCUT2D eigenvalue weighted by Crippen LogP contribution is -2.20. The van der Waals surface area contributed by atoms with Gasteiger partial charge in [0.05, 0.1) is 5.02 Å². The molecule has 0 aliphatic carbocycles. The molecule has 2 N–H and O–H groups in total. The molecule has 0 fully saturated rings. The Hall–Kier alpha value is -3.79. The lowest BCUT2D eigenvalue weighted by atomic mass is 10.1. The minimum absolute atomic E-state index is 0.113. The summed E-state index contributed by atoms with van der Waals surface area (Å²) in [5, 5.41) is 15.6. The second-order valence-electron chi connectivity index (χ2n) is 7.41. The number of benzene rings is 3. The first-order valence-electron chi connectivity index (χ1n) is 10.2. The molecule has 8 heteroatoms. The number of ether oxygens (including phenoxy) is 1. The lowest BCUT2D eigenvalue weighted by Gasteiger charge is -2.12. The van der Waals surface area contributed by atoms with Gasteiger partial charge < -0.3 is 15.4 Å². The van der Waals surface area contributed by atoms with Crippen LogP contribution >= 0.6 is 23.2 Å². The molecule has 0 aliphatic rings. The van der Waals surface area contributed by atoms with Crippen LogP contribution in [0.15, 0.2) is 66.2 Å². The number of halogens is 2. The van der Waals surface area contributed by atoms with E-state index in [1.54, 1.807) is 42.5 Å². The largest absolute Gasteiger partial charge is 0.482 e. The zero-order valence-corrected chi connectivity index (χ0v) is 20.0. The molecule has 0 unspecified atom stereocenters. The van der Waals surface area contributed by atoms with Gasteiger partial charge in [0.1, 0.15) is 17.4 Å². The van der Waals surface area contributed by atoms with Crippen molar-refractivity contribution in [3.05, 3.63) is 93.0 Å². The van der Waals surface area contributed by atoms with Gasteiger partial charge in [0.15, 0.2) is 6.61 Å². The van der Waals surface area contributed by atoms with Crippen molar-refractivity contribution in [3.8, 4) is 11.8 Å². The van der Waals surface area contributed by atoms with Crippen molar-refractivity contribution in [3.63, 3.8) is 0 Å². The second-order valence-corrected chi connectivity index (χ2v) is 8.25. The predicted octanol–water partition coefficient (Wildman–Crippen LogP) is 6.17. The normalized spacial score (nSPS) is 10.9. The average molecular weight is 494 g/mol. The molecule has 0 atom stereocenters. The summed E-state index contributed by atoms with van der Waals surface area (Å²) in [6, 6.07) is 18.9. The van der Waals surface area contributed by atoms with E-state index in [9.17, 15) is 14.9 Å². The summed E-state index contributed by atoms with van der Waals surface area (Å²) in [5.74, 6) is -0.598. The highest BCUT2D eigenvalue weighted by atomic mass is 35.5. The Morgan fingerprint density at radius 2 is 1.79 bits per heavy atom. The number of amides is 2. The van der Waals surface area contributed by atoms with Crippen molar-refractivity contribution in [1.29, 1.82) is 5.26 Å². The van der Waals surface area contributed by atoms with Crippen molar-refractivity contribution in [1.82, 2.24) is 0 Å². The van der Waals surface area contributed by atoms with Crippen molar-refractivity contribution >= 4 is 52.5 Å². The fourth-order valence-electron chi connectivity index (χ4n) is 3.02. The maximum absolute atomic E-state index is 12.4. The minimum atomic E-state index is -0.579. The number of anilines is 2. The summed E-state index contributed by atoms with van der Waals surface area (Å²) in [4.78, 5) is 24.7. The molecule has 172 valence electrons. The van der Waals surface area contributed by atoms with Crippen LogP contribution in [-0.2, 0) is 9.59 Å². The molecule has 0 spiro atoms. The first-order valence-corrected chi connectivity index (χ1v) is 11.0. The molecule has 34 heavy (non-hydrogen) atoms. The van der Waals surface area contributed by atoms with E-state index in [2.05, 4.69) is 10.6 Å². The van der Waals surface area contributed by atoms with Crippen LogP contribution in [-0.4, -0.2) is 18.4 Å². The van der Waals surface area contributed by atoms with Crippen molar-refractivity contribution < 1.29 is 14.3 Å². The number of carbonyl (C=O) groups is 2. The molecule has 0 aromatic heterocycles. The zero-order chi connectivity index (χ0) is 24.7. The second kappa shape index (κ2) is 11.4. The number of hydrogen-bond acceptors (Lipinski definition) is 4. The molecule has 0 saturated carbocycles. The van der Waals surface area contributed by atoms with Crippen molar-refractivity contribution in [2.45, 2.75) is 13.8 Å². The van der Waals surface area contributed by atoms with Gasteiger partial charge in [0.2, 0.25) is 0 Å². The van der Waals surface area contributed by atoms with Gasteiger partial charge in [0, 0.05) is 16.4 Å².